The van der Waals surface area contributed by atoms with Gasteiger partial charge < -0.3 is 5.32 Å². The summed E-state index contributed by atoms with van der Waals surface area (Å²) < 4.78 is 0. The van der Waals surface area contributed by atoms with Crippen molar-refractivity contribution in [2.24, 2.45) is 5.92 Å². The Morgan fingerprint density at radius 1 is 1.40 bits per heavy atom. The Labute approximate surface area is 95.9 Å². The van der Waals surface area contributed by atoms with E-state index in [1.54, 1.807) is 0 Å². The van der Waals surface area contributed by atoms with Crippen molar-refractivity contribution in [2.45, 2.75) is 30.7 Å². The van der Waals surface area contributed by atoms with E-state index >= 15 is 0 Å². The van der Waals surface area contributed by atoms with Crippen molar-refractivity contribution in [3.8, 4) is 0 Å². The maximum Gasteiger partial charge on any atom is 0.126 e. The molecule has 2 nitrogen and oxygen atoms in total. The van der Waals surface area contributed by atoms with Crippen LogP contribution in [0.5, 0.6) is 0 Å². The summed E-state index contributed by atoms with van der Waals surface area (Å²) in [4.78, 5) is 4.50. The molecule has 0 unspecified atom stereocenters. The van der Waals surface area contributed by atoms with E-state index in [0.717, 1.165) is 16.8 Å². The van der Waals surface area contributed by atoms with Crippen LogP contribution in [0.25, 0.3) is 0 Å². The maximum absolute atomic E-state index is 4.50. The zero-order valence-electron chi connectivity index (χ0n) is 9.20. The summed E-state index contributed by atoms with van der Waals surface area (Å²) in [5, 5.41) is 4.22. The Hall–Kier alpha value is -0.700. The predicted octanol–water partition coefficient (Wildman–Crippen LogP) is 3.41. The lowest BCUT2D eigenvalue weighted by Gasteiger charge is -2.08. The van der Waals surface area contributed by atoms with Crippen LogP contribution in [0.1, 0.15) is 25.7 Å². The van der Waals surface area contributed by atoms with Gasteiger partial charge in [0.25, 0.3) is 0 Å². The van der Waals surface area contributed by atoms with Crippen molar-refractivity contribution in [3.05, 3.63) is 18.2 Å². The molecule has 82 valence electrons. The van der Waals surface area contributed by atoms with Crippen molar-refractivity contribution in [2.75, 3.05) is 18.1 Å². The number of thioether (sulfide) groups is 1. The normalized spacial score (nSPS) is 16.9. The molecule has 15 heavy (non-hydrogen) atoms. The minimum atomic E-state index is 0.926. The van der Waals surface area contributed by atoms with Crippen molar-refractivity contribution < 1.29 is 0 Å². The Bertz CT molecular complexity index is 308. The minimum absolute atomic E-state index is 0.926. The second kappa shape index (κ2) is 5.40. The van der Waals surface area contributed by atoms with E-state index in [-0.39, 0.29) is 0 Å². The van der Waals surface area contributed by atoms with Gasteiger partial charge >= 0.3 is 0 Å². The van der Waals surface area contributed by atoms with E-state index in [1.807, 2.05) is 24.9 Å². The van der Waals surface area contributed by atoms with E-state index in [2.05, 4.69) is 22.4 Å². The van der Waals surface area contributed by atoms with Gasteiger partial charge in [-0.15, -0.1) is 11.8 Å². The number of hydrogen-bond donors (Lipinski definition) is 1. The first kappa shape index (κ1) is 10.8. The van der Waals surface area contributed by atoms with E-state index in [1.165, 1.54) is 31.4 Å². The molecule has 0 radical (unpaired) electrons. The third-order valence-electron chi connectivity index (χ3n) is 2.92. The van der Waals surface area contributed by atoms with E-state index in [9.17, 15) is 0 Å². The first-order valence-corrected chi connectivity index (χ1v) is 6.64. The number of anilines is 1. The van der Waals surface area contributed by atoms with Crippen LogP contribution in [0, 0.1) is 5.92 Å². The molecule has 0 saturated heterocycles. The van der Waals surface area contributed by atoms with Crippen LogP contribution in [-0.2, 0) is 0 Å². The molecule has 1 aliphatic carbocycles. The standard InChI is InChI=1S/C12H18N2S/c1-13-11-7-4-8-12(14-11)15-9-10-5-2-3-6-10/h4,7-8,10H,2-3,5-6,9H2,1H3,(H,13,14). The van der Waals surface area contributed by atoms with Gasteiger partial charge in [0, 0.05) is 12.8 Å². The van der Waals surface area contributed by atoms with Crippen LogP contribution >= 0.6 is 11.8 Å². The molecule has 1 N–H and O–H groups in total. The molecule has 3 heteroatoms. The second-order valence-corrected chi connectivity index (χ2v) is 5.11. The quantitative estimate of drug-likeness (QED) is 0.790. The van der Waals surface area contributed by atoms with Gasteiger partial charge in [0.1, 0.15) is 5.82 Å². The highest BCUT2D eigenvalue weighted by atomic mass is 32.2. The number of pyridine rings is 1. The summed E-state index contributed by atoms with van der Waals surface area (Å²) in [6.45, 7) is 0. The molecule has 2 rings (SSSR count). The van der Waals surface area contributed by atoms with Crippen molar-refractivity contribution in [3.63, 3.8) is 0 Å². The van der Waals surface area contributed by atoms with Gasteiger partial charge in [-0.3, -0.25) is 0 Å². The van der Waals surface area contributed by atoms with Crippen LogP contribution in [0.4, 0.5) is 5.82 Å². The summed E-state index contributed by atoms with van der Waals surface area (Å²) in [6.07, 6.45) is 5.68. The summed E-state index contributed by atoms with van der Waals surface area (Å²) in [6, 6.07) is 6.16. The smallest absolute Gasteiger partial charge is 0.126 e. The van der Waals surface area contributed by atoms with E-state index < -0.39 is 0 Å². The second-order valence-electron chi connectivity index (χ2n) is 4.07. The zero-order chi connectivity index (χ0) is 10.5. The van der Waals surface area contributed by atoms with Crippen LogP contribution in [0.3, 0.4) is 0 Å². The van der Waals surface area contributed by atoms with Gasteiger partial charge in [-0.1, -0.05) is 18.9 Å². The van der Waals surface area contributed by atoms with Crippen molar-refractivity contribution in [1.29, 1.82) is 0 Å². The SMILES string of the molecule is CNc1cccc(SCC2CCCC2)n1. The van der Waals surface area contributed by atoms with Gasteiger partial charge in [0.05, 0.1) is 5.03 Å². The third kappa shape index (κ3) is 3.13. The summed E-state index contributed by atoms with van der Waals surface area (Å²) >= 11 is 1.90. The number of nitrogens with zero attached hydrogens (tertiary/aromatic N) is 1. The molecule has 1 aromatic rings. The lowest BCUT2D eigenvalue weighted by atomic mass is 10.1. The van der Waals surface area contributed by atoms with Gasteiger partial charge in [-0.25, -0.2) is 4.98 Å². The Kier molecular flexibility index (Phi) is 3.89. The fourth-order valence-electron chi connectivity index (χ4n) is 2.01. The lowest BCUT2D eigenvalue weighted by Crippen LogP contribution is -1.98. The van der Waals surface area contributed by atoms with Crippen LogP contribution < -0.4 is 5.32 Å². The van der Waals surface area contributed by atoms with Gasteiger partial charge in [0.15, 0.2) is 0 Å². The largest absolute Gasteiger partial charge is 0.373 e. The van der Waals surface area contributed by atoms with E-state index in [0.29, 0.717) is 0 Å². The van der Waals surface area contributed by atoms with Crippen LogP contribution in [0.2, 0.25) is 0 Å². The Morgan fingerprint density at radius 3 is 2.93 bits per heavy atom. The fourth-order valence-corrected chi connectivity index (χ4v) is 3.09. The molecule has 0 bridgehead atoms. The topological polar surface area (TPSA) is 24.9 Å². The molecule has 1 saturated carbocycles. The van der Waals surface area contributed by atoms with Gasteiger partial charge in [-0.05, 0) is 30.9 Å². The number of hydrogen-bond acceptors (Lipinski definition) is 3. The number of rotatable bonds is 4. The molecule has 0 aliphatic heterocycles. The Balaban J connectivity index is 1.86. The molecule has 1 fully saturated rings. The Morgan fingerprint density at radius 2 is 2.20 bits per heavy atom. The molecular formula is C12H18N2S. The molecule has 1 aliphatic rings. The number of aromatic nitrogens is 1. The molecule has 0 spiro atoms. The minimum Gasteiger partial charge on any atom is -0.373 e. The average molecular weight is 222 g/mol. The van der Waals surface area contributed by atoms with Gasteiger partial charge in [-0.2, -0.15) is 0 Å². The molecular weight excluding hydrogens is 204 g/mol. The highest BCUT2D eigenvalue weighted by Crippen LogP contribution is 2.30. The summed E-state index contributed by atoms with van der Waals surface area (Å²) in [5.74, 6) is 3.13. The zero-order valence-corrected chi connectivity index (χ0v) is 10.0. The predicted molar refractivity (Wildman–Crippen MR) is 66.5 cm³/mol. The molecule has 0 amide bonds. The highest BCUT2D eigenvalue weighted by Gasteiger charge is 2.15. The molecule has 0 atom stereocenters. The van der Waals surface area contributed by atoms with Crippen molar-refractivity contribution >= 4 is 17.6 Å². The van der Waals surface area contributed by atoms with Crippen LogP contribution in [0.15, 0.2) is 23.2 Å². The average Bonchev–Trinajstić information content (AvgIpc) is 2.79. The van der Waals surface area contributed by atoms with Crippen molar-refractivity contribution in [1.82, 2.24) is 4.98 Å². The molecule has 1 aromatic heterocycles. The summed E-state index contributed by atoms with van der Waals surface area (Å²) in [5.41, 5.74) is 0. The fraction of sp³-hybridized carbons (Fsp3) is 0.583. The molecule has 1 heterocycles. The first-order chi connectivity index (χ1) is 7.38. The van der Waals surface area contributed by atoms with E-state index in [4.69, 9.17) is 0 Å². The monoisotopic (exact) mass is 222 g/mol. The lowest BCUT2D eigenvalue weighted by molar-refractivity contribution is 0.623. The molecule has 0 aromatic carbocycles. The highest BCUT2D eigenvalue weighted by molar-refractivity contribution is 7.99. The third-order valence-corrected chi connectivity index (χ3v) is 4.08. The van der Waals surface area contributed by atoms with Gasteiger partial charge in [0.2, 0.25) is 0 Å². The van der Waals surface area contributed by atoms with Crippen LogP contribution in [-0.4, -0.2) is 17.8 Å². The summed E-state index contributed by atoms with van der Waals surface area (Å²) in [7, 11) is 1.91. The first-order valence-electron chi connectivity index (χ1n) is 5.66. The number of nitrogens with one attached hydrogen (secondary N) is 1. The maximum atomic E-state index is 4.50.